The number of hydroxylamine groups is 1. The van der Waals surface area contributed by atoms with Crippen molar-refractivity contribution >= 4 is 22.6 Å². The van der Waals surface area contributed by atoms with Gasteiger partial charge >= 0.3 is 6.18 Å². The average molecular weight is 398 g/mol. The molecule has 0 radical (unpaired) electrons. The maximum Gasteiger partial charge on any atom is 0.416 e. The summed E-state index contributed by atoms with van der Waals surface area (Å²) < 4.78 is 60.5. The van der Waals surface area contributed by atoms with Crippen molar-refractivity contribution in [3.8, 4) is 0 Å². The maximum atomic E-state index is 12.7. The molecule has 0 fully saturated rings. The van der Waals surface area contributed by atoms with Crippen molar-refractivity contribution in [1.82, 2.24) is 3.89 Å². The molecule has 144 valence electrons. The van der Waals surface area contributed by atoms with Crippen LogP contribution in [0.3, 0.4) is 0 Å². The van der Waals surface area contributed by atoms with E-state index in [1.165, 1.54) is 17.2 Å². The molecule has 0 aromatic heterocycles. The SMILES string of the molecule is C[N+](C)(c1cccc(C2C=CN(c3ccc(C(F)(F)F)cc3)O2)c1)S(=O)[O-]. The van der Waals surface area contributed by atoms with Crippen LogP contribution in [-0.4, -0.2) is 22.9 Å². The van der Waals surface area contributed by atoms with Gasteiger partial charge in [0.15, 0.2) is 11.3 Å². The van der Waals surface area contributed by atoms with Gasteiger partial charge in [0.1, 0.15) is 11.8 Å². The van der Waals surface area contributed by atoms with Gasteiger partial charge in [0.2, 0.25) is 0 Å². The third-order valence-electron chi connectivity index (χ3n) is 4.27. The first-order valence-electron chi connectivity index (χ1n) is 7.95. The summed E-state index contributed by atoms with van der Waals surface area (Å²) in [7, 11) is 3.09. The van der Waals surface area contributed by atoms with E-state index in [1.807, 2.05) is 0 Å². The summed E-state index contributed by atoms with van der Waals surface area (Å²) in [6.07, 6.45) is -1.51. The molecule has 0 N–H and O–H groups in total. The van der Waals surface area contributed by atoms with Gasteiger partial charge in [0.25, 0.3) is 0 Å². The van der Waals surface area contributed by atoms with Gasteiger partial charge in [-0.25, -0.2) is 13.2 Å². The predicted octanol–water partition coefficient (Wildman–Crippen LogP) is 4.07. The van der Waals surface area contributed by atoms with Crippen molar-refractivity contribution in [2.45, 2.75) is 12.3 Å². The van der Waals surface area contributed by atoms with E-state index >= 15 is 0 Å². The first kappa shape index (κ1) is 19.6. The quantitative estimate of drug-likeness (QED) is 0.576. The van der Waals surface area contributed by atoms with Crippen molar-refractivity contribution in [1.29, 1.82) is 0 Å². The number of hydrogen-bond donors (Lipinski definition) is 0. The second-order valence-corrected chi connectivity index (χ2v) is 7.75. The van der Waals surface area contributed by atoms with Gasteiger partial charge in [-0.05, 0) is 35.9 Å². The van der Waals surface area contributed by atoms with Gasteiger partial charge in [0, 0.05) is 18.3 Å². The molecule has 2 aromatic carbocycles. The first-order chi connectivity index (χ1) is 12.6. The van der Waals surface area contributed by atoms with Crippen LogP contribution in [0.25, 0.3) is 0 Å². The fourth-order valence-electron chi connectivity index (χ4n) is 2.59. The van der Waals surface area contributed by atoms with Crippen LogP contribution < -0.4 is 8.95 Å². The van der Waals surface area contributed by atoms with E-state index in [4.69, 9.17) is 4.84 Å². The Labute approximate surface area is 157 Å². The average Bonchev–Trinajstić information content (AvgIpc) is 3.11. The molecule has 0 saturated carbocycles. The van der Waals surface area contributed by atoms with E-state index < -0.39 is 29.1 Å². The van der Waals surface area contributed by atoms with Crippen molar-refractivity contribution in [3.63, 3.8) is 0 Å². The largest absolute Gasteiger partial charge is 0.724 e. The Balaban J connectivity index is 1.77. The highest BCUT2D eigenvalue weighted by atomic mass is 32.2. The highest BCUT2D eigenvalue weighted by Gasteiger charge is 2.30. The monoisotopic (exact) mass is 398 g/mol. The molecule has 27 heavy (non-hydrogen) atoms. The highest BCUT2D eigenvalue weighted by molar-refractivity contribution is 7.78. The summed E-state index contributed by atoms with van der Waals surface area (Å²) in [5.74, 6) is 0. The number of alkyl halides is 3. The van der Waals surface area contributed by atoms with Gasteiger partial charge in [-0.2, -0.15) is 13.2 Å². The minimum atomic E-state index is -4.39. The Morgan fingerprint density at radius 3 is 2.41 bits per heavy atom. The number of nitrogens with zero attached hydrogens (tertiary/aromatic N) is 2. The smallest absolute Gasteiger partial charge is 0.416 e. The van der Waals surface area contributed by atoms with E-state index in [9.17, 15) is 21.9 Å². The fourth-order valence-corrected chi connectivity index (χ4v) is 2.87. The summed E-state index contributed by atoms with van der Waals surface area (Å²) in [6.45, 7) is 0. The van der Waals surface area contributed by atoms with Crippen LogP contribution in [0.15, 0.2) is 60.8 Å². The lowest BCUT2D eigenvalue weighted by molar-refractivity contribution is -0.137. The zero-order valence-electron chi connectivity index (χ0n) is 14.5. The molecular weight excluding hydrogens is 381 g/mol. The summed E-state index contributed by atoms with van der Waals surface area (Å²) in [6, 6.07) is 11.6. The topological polar surface area (TPSA) is 52.6 Å². The van der Waals surface area contributed by atoms with Gasteiger partial charge in [-0.3, -0.25) is 4.84 Å². The Hall–Kier alpha value is -2.20. The lowest BCUT2D eigenvalue weighted by Crippen LogP contribution is -2.42. The Bertz CT molecular complexity index is 882. The van der Waals surface area contributed by atoms with Crippen LogP contribution in [-0.2, 0) is 22.3 Å². The normalized spacial score (nSPS) is 18.7. The Morgan fingerprint density at radius 2 is 1.81 bits per heavy atom. The van der Waals surface area contributed by atoms with Crippen molar-refractivity contribution < 1.29 is 26.8 Å². The van der Waals surface area contributed by atoms with E-state index in [2.05, 4.69) is 0 Å². The summed E-state index contributed by atoms with van der Waals surface area (Å²) in [4.78, 5) is 5.77. The van der Waals surface area contributed by atoms with Gasteiger partial charge < -0.3 is 4.55 Å². The fraction of sp³-hybridized carbons (Fsp3) is 0.222. The summed E-state index contributed by atoms with van der Waals surface area (Å²) >= 11 is -2.36. The van der Waals surface area contributed by atoms with Gasteiger partial charge in [-0.15, -0.1) is 0 Å². The maximum absolute atomic E-state index is 12.7. The molecule has 2 atom stereocenters. The molecule has 0 aliphatic carbocycles. The molecule has 0 bridgehead atoms. The molecule has 5 nitrogen and oxygen atoms in total. The third-order valence-corrected chi connectivity index (χ3v) is 5.22. The van der Waals surface area contributed by atoms with Crippen LogP contribution >= 0.6 is 0 Å². The zero-order valence-corrected chi connectivity index (χ0v) is 15.3. The minimum absolute atomic E-state index is 0.340. The van der Waals surface area contributed by atoms with Gasteiger partial charge in [0.05, 0.1) is 25.3 Å². The zero-order chi connectivity index (χ0) is 19.8. The van der Waals surface area contributed by atoms with Crippen molar-refractivity contribution in [2.24, 2.45) is 0 Å². The second kappa shape index (κ2) is 7.08. The molecule has 0 amide bonds. The van der Waals surface area contributed by atoms with E-state index in [0.29, 0.717) is 11.4 Å². The van der Waals surface area contributed by atoms with Crippen molar-refractivity contribution in [2.75, 3.05) is 19.2 Å². The summed E-state index contributed by atoms with van der Waals surface area (Å²) in [5.41, 5.74) is 1.01. The van der Waals surface area contributed by atoms with Crippen LogP contribution in [0.2, 0.25) is 0 Å². The molecule has 9 heteroatoms. The summed E-state index contributed by atoms with van der Waals surface area (Å²) in [5, 5.41) is 1.38. The number of rotatable bonds is 4. The predicted molar refractivity (Wildman–Crippen MR) is 95.9 cm³/mol. The number of quaternary nitrogens is 1. The first-order valence-corrected chi connectivity index (χ1v) is 8.98. The standard InChI is InChI=1S/C18H17F3N2O3S/c1-23(2,27(24)25)16-5-3-4-13(12-16)17-10-11-22(26-17)15-8-6-14(7-9-15)18(19,20)21/h3-12,17H,1-2H3. The number of halogens is 3. The Morgan fingerprint density at radius 1 is 1.15 bits per heavy atom. The van der Waals surface area contributed by atoms with Crippen LogP contribution in [0.1, 0.15) is 17.2 Å². The molecular formula is C18H17F3N2O3S. The molecule has 1 heterocycles. The third kappa shape index (κ3) is 4.06. The van der Waals surface area contributed by atoms with Crippen LogP contribution in [0, 0.1) is 0 Å². The molecule has 3 rings (SSSR count). The Kier molecular flexibility index (Phi) is 5.13. The molecule has 1 aliphatic rings. The van der Waals surface area contributed by atoms with Crippen LogP contribution in [0.4, 0.5) is 24.5 Å². The van der Waals surface area contributed by atoms with Crippen LogP contribution in [0.5, 0.6) is 0 Å². The number of hydrogen-bond acceptors (Lipinski definition) is 4. The minimum Gasteiger partial charge on any atom is -0.724 e. The molecule has 0 spiro atoms. The molecule has 1 aliphatic heterocycles. The molecule has 0 saturated heterocycles. The number of benzene rings is 2. The van der Waals surface area contributed by atoms with E-state index in [0.717, 1.165) is 17.7 Å². The lowest BCUT2D eigenvalue weighted by atomic mass is 10.1. The number of anilines is 1. The van der Waals surface area contributed by atoms with E-state index in [-0.39, 0.29) is 3.89 Å². The van der Waals surface area contributed by atoms with E-state index in [1.54, 1.807) is 50.6 Å². The van der Waals surface area contributed by atoms with Crippen molar-refractivity contribution in [3.05, 3.63) is 71.9 Å². The van der Waals surface area contributed by atoms with Gasteiger partial charge in [-0.1, -0.05) is 12.1 Å². The highest BCUT2D eigenvalue weighted by Crippen LogP contribution is 2.34. The molecule has 2 unspecified atom stereocenters. The lowest BCUT2D eigenvalue weighted by Gasteiger charge is -2.30. The molecule has 2 aromatic rings. The second-order valence-electron chi connectivity index (χ2n) is 6.40.